The molecule has 0 heterocycles. The Hall–Kier alpha value is -1.62. The standard InChI is InChI=1S/C14H22O5/c1-9(2)11(15)18-8-7-14(5,6)13(17)19-12(16)10(3)4/h13,17H,1,3,7-8H2,2,4-6H3. The molecule has 19 heavy (non-hydrogen) atoms. The monoisotopic (exact) mass is 270 g/mol. The summed E-state index contributed by atoms with van der Waals surface area (Å²) in [7, 11) is 0. The van der Waals surface area contributed by atoms with Gasteiger partial charge in [0, 0.05) is 16.6 Å². The van der Waals surface area contributed by atoms with Crippen LogP contribution in [0.25, 0.3) is 0 Å². The van der Waals surface area contributed by atoms with Crippen molar-refractivity contribution >= 4 is 11.9 Å². The lowest BCUT2D eigenvalue weighted by Gasteiger charge is -2.29. The van der Waals surface area contributed by atoms with Crippen LogP contribution >= 0.6 is 0 Å². The summed E-state index contributed by atoms with van der Waals surface area (Å²) in [5.74, 6) is -1.14. The van der Waals surface area contributed by atoms with Crippen LogP contribution in [-0.2, 0) is 19.1 Å². The number of hydrogen-bond acceptors (Lipinski definition) is 5. The zero-order valence-corrected chi connectivity index (χ0v) is 12.0. The average Bonchev–Trinajstić information content (AvgIpc) is 2.27. The first-order valence-electron chi connectivity index (χ1n) is 5.95. The van der Waals surface area contributed by atoms with E-state index in [1.807, 2.05) is 0 Å². The van der Waals surface area contributed by atoms with Crippen LogP contribution in [0.4, 0.5) is 0 Å². The Kier molecular flexibility index (Phi) is 6.48. The average molecular weight is 270 g/mol. The van der Waals surface area contributed by atoms with Crippen molar-refractivity contribution in [1.82, 2.24) is 0 Å². The molecule has 0 aliphatic rings. The van der Waals surface area contributed by atoms with Gasteiger partial charge in [-0.3, -0.25) is 0 Å². The molecule has 0 bridgehead atoms. The smallest absolute Gasteiger partial charge is 0.335 e. The van der Waals surface area contributed by atoms with Gasteiger partial charge in [0.2, 0.25) is 6.29 Å². The molecule has 0 aromatic rings. The third kappa shape index (κ3) is 6.20. The topological polar surface area (TPSA) is 72.8 Å². The lowest BCUT2D eigenvalue weighted by atomic mass is 9.89. The third-order valence-electron chi connectivity index (χ3n) is 2.56. The summed E-state index contributed by atoms with van der Waals surface area (Å²) in [4.78, 5) is 22.5. The Bertz CT molecular complexity index is 381. The molecule has 0 saturated carbocycles. The molecule has 0 aliphatic heterocycles. The molecule has 1 N–H and O–H groups in total. The second kappa shape index (κ2) is 7.09. The molecule has 1 unspecified atom stereocenters. The van der Waals surface area contributed by atoms with Gasteiger partial charge in [-0.2, -0.15) is 0 Å². The molecule has 0 saturated heterocycles. The Morgan fingerprint density at radius 1 is 1.16 bits per heavy atom. The fourth-order valence-corrected chi connectivity index (χ4v) is 1.01. The lowest BCUT2D eigenvalue weighted by molar-refractivity contribution is -0.187. The second-order valence-corrected chi connectivity index (χ2v) is 5.19. The minimum Gasteiger partial charge on any atom is -0.462 e. The highest BCUT2D eigenvalue weighted by Crippen LogP contribution is 2.26. The minimum atomic E-state index is -1.29. The van der Waals surface area contributed by atoms with Gasteiger partial charge in [0.15, 0.2) is 0 Å². The van der Waals surface area contributed by atoms with Crippen LogP contribution in [0.3, 0.4) is 0 Å². The molecule has 5 heteroatoms. The first-order valence-corrected chi connectivity index (χ1v) is 5.95. The summed E-state index contributed by atoms with van der Waals surface area (Å²) in [5, 5.41) is 9.83. The van der Waals surface area contributed by atoms with Crippen LogP contribution < -0.4 is 0 Å². The molecule has 0 amide bonds. The number of ether oxygens (including phenoxy) is 2. The van der Waals surface area contributed by atoms with Crippen molar-refractivity contribution in [2.45, 2.75) is 40.4 Å². The number of carbonyl (C=O) groups is 2. The summed E-state index contributed by atoms with van der Waals surface area (Å²) < 4.78 is 9.77. The van der Waals surface area contributed by atoms with Gasteiger partial charge in [-0.15, -0.1) is 0 Å². The summed E-state index contributed by atoms with van der Waals surface area (Å²) in [5.41, 5.74) is -0.212. The number of carbonyl (C=O) groups excluding carboxylic acids is 2. The molecule has 0 aliphatic carbocycles. The quantitative estimate of drug-likeness (QED) is 0.435. The van der Waals surface area contributed by atoms with Crippen molar-refractivity contribution in [3.8, 4) is 0 Å². The van der Waals surface area contributed by atoms with Gasteiger partial charge in [-0.1, -0.05) is 27.0 Å². The third-order valence-corrected chi connectivity index (χ3v) is 2.56. The summed E-state index contributed by atoms with van der Waals surface area (Å²) in [6, 6.07) is 0. The fourth-order valence-electron chi connectivity index (χ4n) is 1.01. The molecule has 5 nitrogen and oxygen atoms in total. The van der Waals surface area contributed by atoms with Crippen molar-refractivity contribution in [3.05, 3.63) is 24.3 Å². The van der Waals surface area contributed by atoms with E-state index in [1.165, 1.54) is 6.92 Å². The van der Waals surface area contributed by atoms with Crippen LogP contribution in [0.5, 0.6) is 0 Å². The predicted molar refractivity (Wildman–Crippen MR) is 71.1 cm³/mol. The Morgan fingerprint density at radius 2 is 1.63 bits per heavy atom. The van der Waals surface area contributed by atoms with Crippen molar-refractivity contribution < 1.29 is 24.2 Å². The molecule has 0 spiro atoms. The van der Waals surface area contributed by atoms with Gasteiger partial charge in [0.1, 0.15) is 0 Å². The van der Waals surface area contributed by atoms with E-state index in [9.17, 15) is 14.7 Å². The van der Waals surface area contributed by atoms with E-state index in [-0.39, 0.29) is 12.2 Å². The highest BCUT2D eigenvalue weighted by atomic mass is 16.6. The van der Waals surface area contributed by atoms with Crippen molar-refractivity contribution in [1.29, 1.82) is 0 Å². The van der Waals surface area contributed by atoms with Crippen LogP contribution in [0, 0.1) is 5.41 Å². The zero-order valence-electron chi connectivity index (χ0n) is 12.0. The molecule has 0 fully saturated rings. The zero-order chi connectivity index (χ0) is 15.2. The first-order chi connectivity index (χ1) is 8.58. The highest BCUT2D eigenvalue weighted by molar-refractivity contribution is 5.87. The summed E-state index contributed by atoms with van der Waals surface area (Å²) >= 11 is 0. The molecule has 0 aromatic heterocycles. The maximum atomic E-state index is 11.3. The van der Waals surface area contributed by atoms with Crippen molar-refractivity contribution in [2.24, 2.45) is 5.41 Å². The number of hydrogen-bond donors (Lipinski definition) is 1. The number of esters is 2. The highest BCUT2D eigenvalue weighted by Gasteiger charge is 2.31. The fraction of sp³-hybridized carbons (Fsp3) is 0.571. The molecular formula is C14H22O5. The van der Waals surface area contributed by atoms with E-state index in [4.69, 9.17) is 9.47 Å². The van der Waals surface area contributed by atoms with Crippen LogP contribution in [0.1, 0.15) is 34.1 Å². The Balaban J connectivity index is 4.30. The largest absolute Gasteiger partial charge is 0.462 e. The van der Waals surface area contributed by atoms with Crippen LogP contribution in [-0.4, -0.2) is 29.9 Å². The van der Waals surface area contributed by atoms with Gasteiger partial charge in [-0.25, -0.2) is 9.59 Å². The van der Waals surface area contributed by atoms with E-state index < -0.39 is 23.6 Å². The van der Waals surface area contributed by atoms with Gasteiger partial charge >= 0.3 is 11.9 Å². The van der Waals surface area contributed by atoms with Crippen molar-refractivity contribution in [3.63, 3.8) is 0 Å². The maximum absolute atomic E-state index is 11.3. The molecule has 1 atom stereocenters. The van der Waals surface area contributed by atoms with Crippen molar-refractivity contribution in [2.75, 3.05) is 6.61 Å². The van der Waals surface area contributed by atoms with E-state index in [0.717, 1.165) is 0 Å². The van der Waals surface area contributed by atoms with E-state index in [1.54, 1.807) is 20.8 Å². The summed E-state index contributed by atoms with van der Waals surface area (Å²) in [6.07, 6.45) is -0.948. The molecule has 0 aromatic carbocycles. The van der Waals surface area contributed by atoms with Crippen LogP contribution in [0.2, 0.25) is 0 Å². The Morgan fingerprint density at radius 3 is 2.05 bits per heavy atom. The van der Waals surface area contributed by atoms with Gasteiger partial charge < -0.3 is 14.6 Å². The normalized spacial score (nSPS) is 12.5. The lowest BCUT2D eigenvalue weighted by Crippen LogP contribution is -2.35. The molecule has 0 radical (unpaired) electrons. The molecule has 0 rings (SSSR count). The second-order valence-electron chi connectivity index (χ2n) is 5.19. The predicted octanol–water partition coefficient (Wildman–Crippen LogP) is 1.96. The van der Waals surface area contributed by atoms with E-state index in [2.05, 4.69) is 13.2 Å². The van der Waals surface area contributed by atoms with Gasteiger partial charge in [-0.05, 0) is 20.3 Å². The number of rotatable bonds is 7. The summed E-state index contributed by atoms with van der Waals surface area (Å²) in [6.45, 7) is 13.5. The number of aliphatic hydroxyl groups is 1. The van der Waals surface area contributed by atoms with Gasteiger partial charge in [0.05, 0.1) is 6.61 Å². The minimum absolute atomic E-state index is 0.111. The maximum Gasteiger partial charge on any atom is 0.335 e. The Labute approximate surface area is 113 Å². The first kappa shape index (κ1) is 17.4. The SMILES string of the molecule is C=C(C)C(=O)OCCC(C)(C)C(O)OC(=O)C(=C)C. The molecular weight excluding hydrogens is 248 g/mol. The molecule has 108 valence electrons. The van der Waals surface area contributed by atoms with Gasteiger partial charge in [0.25, 0.3) is 0 Å². The van der Waals surface area contributed by atoms with E-state index >= 15 is 0 Å². The van der Waals surface area contributed by atoms with E-state index in [0.29, 0.717) is 12.0 Å². The van der Waals surface area contributed by atoms with Crippen LogP contribution in [0.15, 0.2) is 24.3 Å². The number of aliphatic hydroxyl groups excluding tert-OH is 1.